The maximum absolute atomic E-state index is 8.56. The van der Waals surface area contributed by atoms with Gasteiger partial charge in [-0.3, -0.25) is 0 Å². The SMILES string of the molecule is O/C=C/Cc1ccc(-c2cncnc2)cc1. The standard InChI is InChI=1S/C13H12N2O/c16-7-1-2-11-3-5-12(6-4-11)13-8-14-10-15-9-13/h1,3-10,16H,2H2/b7-1+. The largest absolute Gasteiger partial charge is 0.516 e. The van der Waals surface area contributed by atoms with Crippen molar-refractivity contribution in [2.24, 2.45) is 0 Å². The highest BCUT2D eigenvalue weighted by atomic mass is 16.2. The van der Waals surface area contributed by atoms with E-state index in [0.717, 1.165) is 29.4 Å². The summed E-state index contributed by atoms with van der Waals surface area (Å²) in [7, 11) is 0. The number of nitrogens with zero attached hydrogens (tertiary/aromatic N) is 2. The first kappa shape index (κ1) is 10.4. The summed E-state index contributed by atoms with van der Waals surface area (Å²) in [6, 6.07) is 8.11. The first-order chi connectivity index (χ1) is 7.90. The van der Waals surface area contributed by atoms with Crippen LogP contribution in [0.25, 0.3) is 11.1 Å². The molecule has 0 atom stereocenters. The van der Waals surface area contributed by atoms with Crippen molar-refractivity contribution in [2.45, 2.75) is 6.42 Å². The zero-order valence-corrected chi connectivity index (χ0v) is 8.74. The highest BCUT2D eigenvalue weighted by Gasteiger charge is 1.97. The summed E-state index contributed by atoms with van der Waals surface area (Å²) in [6.45, 7) is 0. The molecule has 0 bridgehead atoms. The fourth-order valence-electron chi connectivity index (χ4n) is 1.47. The van der Waals surface area contributed by atoms with Crippen LogP contribution in [0.15, 0.2) is 55.3 Å². The molecule has 0 radical (unpaired) electrons. The zero-order valence-electron chi connectivity index (χ0n) is 8.74. The highest BCUT2D eigenvalue weighted by Crippen LogP contribution is 2.17. The lowest BCUT2D eigenvalue weighted by Gasteiger charge is -2.01. The molecule has 1 aromatic carbocycles. The molecule has 0 amide bonds. The van der Waals surface area contributed by atoms with Crippen molar-refractivity contribution in [1.29, 1.82) is 0 Å². The summed E-state index contributed by atoms with van der Waals surface area (Å²) in [4.78, 5) is 7.96. The third kappa shape index (κ3) is 2.45. The van der Waals surface area contributed by atoms with E-state index in [1.807, 2.05) is 24.3 Å². The third-order valence-corrected chi connectivity index (χ3v) is 2.31. The lowest BCUT2D eigenvalue weighted by Crippen LogP contribution is -1.84. The van der Waals surface area contributed by atoms with E-state index in [1.54, 1.807) is 18.5 Å². The topological polar surface area (TPSA) is 46.0 Å². The lowest BCUT2D eigenvalue weighted by atomic mass is 10.1. The molecule has 0 unspecified atom stereocenters. The molecule has 2 rings (SSSR count). The summed E-state index contributed by atoms with van der Waals surface area (Å²) in [5.41, 5.74) is 3.26. The first-order valence-corrected chi connectivity index (χ1v) is 5.03. The molecule has 3 heteroatoms. The Morgan fingerprint density at radius 1 is 1.00 bits per heavy atom. The summed E-state index contributed by atoms with van der Waals surface area (Å²) in [6.07, 6.45) is 8.61. The first-order valence-electron chi connectivity index (χ1n) is 5.03. The molecule has 16 heavy (non-hydrogen) atoms. The summed E-state index contributed by atoms with van der Waals surface area (Å²) in [5, 5.41) is 8.56. The van der Waals surface area contributed by atoms with Gasteiger partial charge in [-0.05, 0) is 23.6 Å². The number of rotatable bonds is 3. The Hall–Kier alpha value is -2.16. The second kappa shape index (κ2) is 5.07. The second-order valence-electron chi connectivity index (χ2n) is 3.41. The predicted molar refractivity (Wildman–Crippen MR) is 62.9 cm³/mol. The van der Waals surface area contributed by atoms with Gasteiger partial charge in [0.2, 0.25) is 0 Å². The number of aliphatic hydroxyl groups is 1. The maximum atomic E-state index is 8.56. The molecule has 1 aromatic heterocycles. The van der Waals surface area contributed by atoms with Crippen molar-refractivity contribution < 1.29 is 5.11 Å². The number of hydrogen-bond acceptors (Lipinski definition) is 3. The van der Waals surface area contributed by atoms with Crippen LogP contribution >= 0.6 is 0 Å². The maximum Gasteiger partial charge on any atom is 0.115 e. The molecule has 2 aromatic rings. The fourth-order valence-corrected chi connectivity index (χ4v) is 1.47. The smallest absolute Gasteiger partial charge is 0.115 e. The van der Waals surface area contributed by atoms with Crippen LogP contribution < -0.4 is 0 Å². The van der Waals surface area contributed by atoms with E-state index in [1.165, 1.54) is 6.33 Å². The minimum absolute atomic E-state index is 0.738. The van der Waals surface area contributed by atoms with Gasteiger partial charge in [0.1, 0.15) is 6.33 Å². The van der Waals surface area contributed by atoms with Gasteiger partial charge < -0.3 is 5.11 Å². The van der Waals surface area contributed by atoms with Crippen LogP contribution in [-0.2, 0) is 6.42 Å². The van der Waals surface area contributed by atoms with Gasteiger partial charge in [-0.2, -0.15) is 0 Å². The molecular formula is C13H12N2O. The molecule has 0 aliphatic rings. The Balaban J connectivity index is 2.20. The molecule has 0 aliphatic carbocycles. The van der Waals surface area contributed by atoms with Crippen LogP contribution in [-0.4, -0.2) is 15.1 Å². The lowest BCUT2D eigenvalue weighted by molar-refractivity contribution is 0.471. The van der Waals surface area contributed by atoms with Crippen molar-refractivity contribution in [3.8, 4) is 11.1 Å². The van der Waals surface area contributed by atoms with Crippen LogP contribution in [0.5, 0.6) is 0 Å². The zero-order chi connectivity index (χ0) is 11.2. The van der Waals surface area contributed by atoms with E-state index in [4.69, 9.17) is 5.11 Å². The minimum atomic E-state index is 0.738. The molecular weight excluding hydrogens is 200 g/mol. The Kier molecular flexibility index (Phi) is 3.28. The predicted octanol–water partition coefficient (Wildman–Crippen LogP) is 2.76. The van der Waals surface area contributed by atoms with Crippen molar-refractivity contribution in [2.75, 3.05) is 0 Å². The second-order valence-corrected chi connectivity index (χ2v) is 3.41. The Bertz CT molecular complexity index is 463. The molecule has 1 N–H and O–H groups in total. The van der Waals surface area contributed by atoms with E-state index < -0.39 is 0 Å². The van der Waals surface area contributed by atoms with E-state index in [-0.39, 0.29) is 0 Å². The van der Waals surface area contributed by atoms with Crippen molar-refractivity contribution in [3.05, 3.63) is 60.9 Å². The Morgan fingerprint density at radius 3 is 2.31 bits per heavy atom. The van der Waals surface area contributed by atoms with Gasteiger partial charge in [-0.1, -0.05) is 24.3 Å². The van der Waals surface area contributed by atoms with Gasteiger partial charge in [0, 0.05) is 18.0 Å². The van der Waals surface area contributed by atoms with Crippen molar-refractivity contribution in [3.63, 3.8) is 0 Å². The molecule has 3 nitrogen and oxygen atoms in total. The Morgan fingerprint density at radius 2 is 1.69 bits per heavy atom. The summed E-state index contributed by atoms with van der Waals surface area (Å²) >= 11 is 0. The highest BCUT2D eigenvalue weighted by molar-refractivity contribution is 5.61. The number of allylic oxidation sites excluding steroid dienone is 1. The van der Waals surface area contributed by atoms with Crippen LogP contribution in [0, 0.1) is 0 Å². The van der Waals surface area contributed by atoms with Gasteiger partial charge in [0.05, 0.1) is 6.26 Å². The van der Waals surface area contributed by atoms with Gasteiger partial charge >= 0.3 is 0 Å². The normalized spacial score (nSPS) is 10.8. The van der Waals surface area contributed by atoms with Crippen LogP contribution in [0.2, 0.25) is 0 Å². The molecule has 0 aliphatic heterocycles. The van der Waals surface area contributed by atoms with Gasteiger partial charge in [-0.25, -0.2) is 9.97 Å². The average molecular weight is 212 g/mol. The van der Waals surface area contributed by atoms with Crippen LogP contribution in [0.4, 0.5) is 0 Å². The van der Waals surface area contributed by atoms with Crippen molar-refractivity contribution in [1.82, 2.24) is 9.97 Å². The number of hydrogen-bond donors (Lipinski definition) is 1. The molecule has 0 fully saturated rings. The summed E-state index contributed by atoms with van der Waals surface area (Å²) in [5.74, 6) is 0. The summed E-state index contributed by atoms with van der Waals surface area (Å²) < 4.78 is 0. The van der Waals surface area contributed by atoms with Gasteiger partial charge in [0.15, 0.2) is 0 Å². The molecule has 80 valence electrons. The third-order valence-electron chi connectivity index (χ3n) is 2.31. The average Bonchev–Trinajstić information content (AvgIpc) is 2.38. The minimum Gasteiger partial charge on any atom is -0.516 e. The van der Waals surface area contributed by atoms with E-state index in [0.29, 0.717) is 0 Å². The quantitative estimate of drug-likeness (QED) is 0.796. The van der Waals surface area contributed by atoms with Crippen LogP contribution in [0.3, 0.4) is 0 Å². The molecule has 0 saturated carbocycles. The van der Waals surface area contributed by atoms with Gasteiger partial charge in [-0.15, -0.1) is 0 Å². The fraction of sp³-hybridized carbons (Fsp3) is 0.0769. The number of aliphatic hydroxyl groups excluding tert-OH is 1. The number of benzene rings is 1. The number of aromatic nitrogens is 2. The van der Waals surface area contributed by atoms with E-state index >= 15 is 0 Å². The van der Waals surface area contributed by atoms with E-state index in [9.17, 15) is 0 Å². The van der Waals surface area contributed by atoms with Gasteiger partial charge in [0.25, 0.3) is 0 Å². The molecule has 1 heterocycles. The molecule has 0 spiro atoms. The molecule has 0 saturated heterocycles. The Labute approximate surface area is 94.1 Å². The van der Waals surface area contributed by atoms with E-state index in [2.05, 4.69) is 9.97 Å². The van der Waals surface area contributed by atoms with Crippen LogP contribution in [0.1, 0.15) is 5.56 Å². The monoisotopic (exact) mass is 212 g/mol. The van der Waals surface area contributed by atoms with Crippen molar-refractivity contribution >= 4 is 0 Å².